The molecular weight excluding hydrogens is 364 g/mol. The van der Waals surface area contributed by atoms with Gasteiger partial charge in [-0.25, -0.2) is 9.97 Å². The molecule has 1 aliphatic heterocycles. The van der Waals surface area contributed by atoms with Gasteiger partial charge in [0.25, 0.3) is 0 Å². The number of aromatic amines is 1. The van der Waals surface area contributed by atoms with E-state index in [2.05, 4.69) is 63.9 Å². The predicted octanol–water partition coefficient (Wildman–Crippen LogP) is 3.48. The third kappa shape index (κ3) is 3.44. The molecule has 2 aromatic heterocycles. The van der Waals surface area contributed by atoms with Crippen molar-refractivity contribution in [1.29, 1.82) is 0 Å². The molecule has 7 nitrogen and oxygen atoms in total. The van der Waals surface area contributed by atoms with Crippen molar-refractivity contribution in [2.45, 2.75) is 44.8 Å². The van der Waals surface area contributed by atoms with Gasteiger partial charge in [-0.3, -0.25) is 10.00 Å². The minimum atomic E-state index is -0.00606. The second kappa shape index (κ2) is 6.42. The zero-order valence-corrected chi connectivity index (χ0v) is 17.6. The maximum absolute atomic E-state index is 6.15. The smallest absolute Gasteiger partial charge is 0.132 e. The fraction of sp³-hybridized carbons (Fsp3) is 0.500. The highest BCUT2D eigenvalue weighted by atomic mass is 16.5. The number of fused-ring (bicyclic) bond motifs is 1. The van der Waals surface area contributed by atoms with Gasteiger partial charge in [0.2, 0.25) is 0 Å². The van der Waals surface area contributed by atoms with Crippen LogP contribution in [0.4, 0.5) is 5.82 Å². The van der Waals surface area contributed by atoms with E-state index in [4.69, 9.17) is 4.74 Å². The third-order valence-electron chi connectivity index (χ3n) is 6.39. The Morgan fingerprint density at radius 1 is 1.07 bits per heavy atom. The summed E-state index contributed by atoms with van der Waals surface area (Å²) in [5, 5.41) is 8.70. The zero-order valence-electron chi connectivity index (χ0n) is 17.6. The topological polar surface area (TPSA) is 70.2 Å². The molecule has 152 valence electrons. The lowest BCUT2D eigenvalue weighted by Crippen LogP contribution is -2.57. The van der Waals surface area contributed by atoms with Crippen LogP contribution in [-0.2, 0) is 0 Å². The summed E-state index contributed by atoms with van der Waals surface area (Å²) >= 11 is 0. The first kappa shape index (κ1) is 18.4. The number of aromatic nitrogens is 4. The molecule has 0 radical (unpaired) electrons. The molecule has 29 heavy (non-hydrogen) atoms. The number of rotatable bonds is 4. The maximum atomic E-state index is 6.15. The van der Waals surface area contributed by atoms with Gasteiger partial charge in [0, 0.05) is 36.6 Å². The molecule has 7 heteroatoms. The number of piperazine rings is 1. The van der Waals surface area contributed by atoms with Gasteiger partial charge in [0.15, 0.2) is 0 Å². The summed E-state index contributed by atoms with van der Waals surface area (Å²) in [5.41, 5.74) is 2.74. The standard InChI is InChI=1S/C22H28N6O/c1-21(2)13-28(10-9-27(21)4)19-12-18(23-14-24-19)20-16-11-15(29-22(3)7-8-22)5-6-17(16)25-26-20/h5-6,11-12,14H,7-10,13H2,1-4H3,(H,25,26). The van der Waals surface area contributed by atoms with E-state index in [9.17, 15) is 0 Å². The summed E-state index contributed by atoms with van der Waals surface area (Å²) in [5.74, 6) is 1.83. The summed E-state index contributed by atoms with van der Waals surface area (Å²) in [6, 6.07) is 8.15. The molecule has 1 N–H and O–H groups in total. The van der Waals surface area contributed by atoms with Crippen LogP contribution >= 0.6 is 0 Å². The van der Waals surface area contributed by atoms with Crippen molar-refractivity contribution in [3.63, 3.8) is 0 Å². The van der Waals surface area contributed by atoms with Gasteiger partial charge in [-0.15, -0.1) is 0 Å². The van der Waals surface area contributed by atoms with Crippen molar-refractivity contribution in [1.82, 2.24) is 25.1 Å². The molecule has 0 amide bonds. The first-order valence-corrected chi connectivity index (χ1v) is 10.3. The van der Waals surface area contributed by atoms with E-state index in [0.717, 1.165) is 66.3 Å². The van der Waals surface area contributed by atoms with Crippen LogP contribution in [0.3, 0.4) is 0 Å². The van der Waals surface area contributed by atoms with Gasteiger partial charge in [-0.1, -0.05) is 0 Å². The molecule has 0 atom stereocenters. The van der Waals surface area contributed by atoms with Crippen molar-refractivity contribution in [2.75, 3.05) is 31.6 Å². The second-order valence-electron chi connectivity index (χ2n) is 9.25. The second-order valence-corrected chi connectivity index (χ2v) is 9.25. The number of ether oxygens (including phenoxy) is 1. The Morgan fingerprint density at radius 2 is 1.90 bits per heavy atom. The van der Waals surface area contributed by atoms with Crippen LogP contribution in [-0.4, -0.2) is 62.9 Å². The van der Waals surface area contributed by atoms with Crippen LogP contribution in [0.1, 0.15) is 33.6 Å². The molecule has 0 bridgehead atoms. The molecule has 1 aromatic carbocycles. The Hall–Kier alpha value is -2.67. The van der Waals surface area contributed by atoms with Gasteiger partial charge >= 0.3 is 0 Å². The van der Waals surface area contributed by atoms with Gasteiger partial charge < -0.3 is 9.64 Å². The minimum Gasteiger partial charge on any atom is -0.488 e. The summed E-state index contributed by atoms with van der Waals surface area (Å²) < 4.78 is 6.15. The highest BCUT2D eigenvalue weighted by molar-refractivity contribution is 5.93. The Labute approximate surface area is 171 Å². The Balaban J connectivity index is 1.47. The number of nitrogens with one attached hydrogen (secondary N) is 1. The van der Waals surface area contributed by atoms with E-state index >= 15 is 0 Å². The van der Waals surface area contributed by atoms with Gasteiger partial charge in [0.1, 0.15) is 29.2 Å². The first-order valence-electron chi connectivity index (χ1n) is 10.3. The van der Waals surface area contributed by atoms with Crippen molar-refractivity contribution < 1.29 is 4.74 Å². The molecule has 1 saturated heterocycles. The SMILES string of the molecule is CN1CCN(c2cc(-c3n[nH]c4ccc(OC5(C)CC5)cc34)ncn2)CC1(C)C. The van der Waals surface area contributed by atoms with E-state index in [1.54, 1.807) is 6.33 Å². The zero-order chi connectivity index (χ0) is 20.2. The summed E-state index contributed by atoms with van der Waals surface area (Å²) in [4.78, 5) is 13.8. The molecule has 5 rings (SSSR count). The number of anilines is 1. The average Bonchev–Trinajstić information content (AvgIpc) is 3.26. The van der Waals surface area contributed by atoms with Crippen molar-refractivity contribution in [2.24, 2.45) is 0 Å². The average molecular weight is 393 g/mol. The summed E-state index contributed by atoms with van der Waals surface area (Å²) in [6.07, 6.45) is 3.86. The van der Waals surface area contributed by atoms with Gasteiger partial charge in [-0.05, 0) is 58.9 Å². The highest BCUT2D eigenvalue weighted by Gasteiger charge is 2.40. The van der Waals surface area contributed by atoms with Crippen LogP contribution in [0.15, 0.2) is 30.6 Å². The molecule has 1 aliphatic carbocycles. The number of H-pyrrole nitrogens is 1. The lowest BCUT2D eigenvalue weighted by molar-refractivity contribution is 0.138. The molecule has 0 unspecified atom stereocenters. The van der Waals surface area contributed by atoms with Crippen LogP contribution in [0.25, 0.3) is 22.3 Å². The van der Waals surface area contributed by atoms with Crippen LogP contribution < -0.4 is 9.64 Å². The third-order valence-corrected chi connectivity index (χ3v) is 6.39. The van der Waals surface area contributed by atoms with Crippen LogP contribution in [0, 0.1) is 0 Å². The Kier molecular flexibility index (Phi) is 4.07. The van der Waals surface area contributed by atoms with Crippen LogP contribution in [0.5, 0.6) is 5.75 Å². The fourth-order valence-corrected chi connectivity index (χ4v) is 3.90. The Bertz CT molecular complexity index is 1050. The molecule has 3 aromatic rings. The molecule has 2 aliphatic rings. The summed E-state index contributed by atoms with van der Waals surface area (Å²) in [7, 11) is 2.18. The fourth-order valence-electron chi connectivity index (χ4n) is 3.90. The number of nitrogens with zero attached hydrogens (tertiary/aromatic N) is 5. The minimum absolute atomic E-state index is 0.00606. The predicted molar refractivity (Wildman–Crippen MR) is 114 cm³/mol. The van der Waals surface area contributed by atoms with Crippen molar-refractivity contribution in [3.05, 3.63) is 30.6 Å². The molecule has 1 saturated carbocycles. The number of benzene rings is 1. The largest absolute Gasteiger partial charge is 0.488 e. The monoisotopic (exact) mass is 392 g/mol. The van der Waals surface area contributed by atoms with E-state index in [1.165, 1.54) is 0 Å². The lowest BCUT2D eigenvalue weighted by Gasteiger charge is -2.45. The lowest BCUT2D eigenvalue weighted by atomic mass is 10.00. The van der Waals surface area contributed by atoms with Crippen molar-refractivity contribution in [3.8, 4) is 17.1 Å². The number of likely N-dealkylation sites (N-methyl/N-ethyl adjacent to an activating group) is 1. The van der Waals surface area contributed by atoms with E-state index in [1.807, 2.05) is 18.2 Å². The van der Waals surface area contributed by atoms with Crippen LogP contribution in [0.2, 0.25) is 0 Å². The van der Waals surface area contributed by atoms with Gasteiger partial charge in [0.05, 0.1) is 11.2 Å². The highest BCUT2D eigenvalue weighted by Crippen LogP contribution is 2.40. The van der Waals surface area contributed by atoms with E-state index < -0.39 is 0 Å². The molecule has 0 spiro atoms. The summed E-state index contributed by atoms with van der Waals surface area (Å²) in [6.45, 7) is 9.58. The first-order chi connectivity index (χ1) is 13.8. The normalized spacial score (nSPS) is 20.8. The number of hydrogen-bond acceptors (Lipinski definition) is 6. The Morgan fingerprint density at radius 3 is 2.66 bits per heavy atom. The van der Waals surface area contributed by atoms with E-state index in [-0.39, 0.29) is 11.1 Å². The quantitative estimate of drug-likeness (QED) is 0.733. The van der Waals surface area contributed by atoms with Gasteiger partial charge in [-0.2, -0.15) is 5.10 Å². The number of hydrogen-bond donors (Lipinski definition) is 1. The van der Waals surface area contributed by atoms with Crippen molar-refractivity contribution >= 4 is 16.7 Å². The van der Waals surface area contributed by atoms with E-state index in [0.29, 0.717) is 0 Å². The molecule has 3 heterocycles. The maximum Gasteiger partial charge on any atom is 0.132 e. The molecule has 2 fully saturated rings. The molecular formula is C22H28N6O.